The summed E-state index contributed by atoms with van der Waals surface area (Å²) in [5, 5.41) is 6.07. The van der Waals surface area contributed by atoms with E-state index in [0.717, 1.165) is 29.0 Å². The molecule has 2 bridgehead atoms. The maximum Gasteiger partial charge on any atom is 0.254 e. The molecule has 4 aliphatic rings. The number of amides is 2. The average molecular weight is 477 g/mol. The minimum Gasteiger partial charge on any atom is -0.490 e. The van der Waals surface area contributed by atoms with Gasteiger partial charge in [-0.05, 0) is 78.5 Å². The topological polar surface area (TPSA) is 68.2 Å². The smallest absolute Gasteiger partial charge is 0.254 e. The van der Waals surface area contributed by atoms with E-state index in [4.69, 9.17) is 21.1 Å². The quantitative estimate of drug-likeness (QED) is 0.325. The number of hydrogen-bond acceptors (Lipinski definition) is 5. The van der Waals surface area contributed by atoms with Crippen molar-refractivity contribution in [3.63, 3.8) is 0 Å². The van der Waals surface area contributed by atoms with Gasteiger partial charge in [-0.3, -0.25) is 9.59 Å². The van der Waals surface area contributed by atoms with Gasteiger partial charge in [-0.1, -0.05) is 35.9 Å². The molecule has 0 radical (unpaired) electrons. The zero-order valence-electron chi connectivity index (χ0n) is 18.8. The Hall–Kier alpha value is -3.12. The lowest BCUT2D eigenvalue weighted by Crippen LogP contribution is -2.30. The van der Waals surface area contributed by atoms with Crippen LogP contribution < -0.4 is 9.47 Å². The van der Waals surface area contributed by atoms with E-state index in [1.54, 1.807) is 12.3 Å². The molecule has 0 aromatic heterocycles. The van der Waals surface area contributed by atoms with Gasteiger partial charge in [-0.2, -0.15) is 10.1 Å². The Morgan fingerprint density at radius 2 is 1.68 bits per heavy atom. The Labute approximate surface area is 203 Å². The summed E-state index contributed by atoms with van der Waals surface area (Å²) in [5.74, 6) is 0.754. The van der Waals surface area contributed by atoms with Crippen LogP contribution in [0.1, 0.15) is 30.9 Å². The Kier molecular flexibility index (Phi) is 5.03. The van der Waals surface area contributed by atoms with Gasteiger partial charge in [0, 0.05) is 5.02 Å². The summed E-state index contributed by atoms with van der Waals surface area (Å²) < 4.78 is 11.7. The van der Waals surface area contributed by atoms with Gasteiger partial charge in [-0.15, -0.1) is 0 Å². The van der Waals surface area contributed by atoms with Gasteiger partial charge >= 0.3 is 0 Å². The van der Waals surface area contributed by atoms with Crippen LogP contribution in [0.4, 0.5) is 0 Å². The number of benzene rings is 2. The molecule has 1 spiro atoms. The first-order valence-corrected chi connectivity index (χ1v) is 12.1. The molecule has 3 fully saturated rings. The van der Waals surface area contributed by atoms with Crippen LogP contribution in [0.3, 0.4) is 0 Å². The predicted molar refractivity (Wildman–Crippen MR) is 128 cm³/mol. The van der Waals surface area contributed by atoms with Gasteiger partial charge in [0.05, 0.1) is 24.7 Å². The largest absolute Gasteiger partial charge is 0.490 e. The molecule has 2 aromatic carbocycles. The maximum absolute atomic E-state index is 13.1. The maximum atomic E-state index is 13.1. The number of allylic oxidation sites excluding steroid dienone is 2. The summed E-state index contributed by atoms with van der Waals surface area (Å²) >= 11 is 5.95. The molecular formula is C27H25ClN2O4. The van der Waals surface area contributed by atoms with Gasteiger partial charge in [0.1, 0.15) is 6.61 Å². The van der Waals surface area contributed by atoms with Crippen molar-refractivity contribution in [2.75, 3.05) is 6.61 Å². The molecule has 34 heavy (non-hydrogen) atoms. The fourth-order valence-corrected chi connectivity index (χ4v) is 6.16. The fourth-order valence-electron chi connectivity index (χ4n) is 6.04. The lowest BCUT2D eigenvalue weighted by Gasteiger charge is -2.18. The Balaban J connectivity index is 1.18. The molecule has 7 heteroatoms. The van der Waals surface area contributed by atoms with Crippen LogP contribution in [0.2, 0.25) is 5.02 Å². The molecule has 1 heterocycles. The number of halogens is 1. The van der Waals surface area contributed by atoms with E-state index in [-0.39, 0.29) is 40.9 Å². The van der Waals surface area contributed by atoms with Crippen molar-refractivity contribution in [3.05, 3.63) is 70.8 Å². The first kappa shape index (κ1) is 21.4. The first-order chi connectivity index (χ1) is 16.5. The molecule has 0 unspecified atom stereocenters. The number of ether oxygens (including phenoxy) is 2. The number of hydrazone groups is 1. The molecular weight excluding hydrogens is 452 g/mol. The standard InChI is InChI=1S/C27H25ClN2O4/c1-2-33-22-13-17(5-10-21(22)34-15-16-3-6-18(28)7-4-16)14-29-30-25(31)23-19-8-9-20(24(23)26(30)32)27(19)11-12-27/h3-10,13-14,19-20,23-24H,2,11-12,15H2,1H3/b29-14-/t19-,20-,23-,24-/m1/s1. The SMILES string of the molecule is CCOc1cc(/C=N\N2C(=O)[C@H]3[C@H](C2=O)[C@H]2C=C[C@H]3C23CC3)ccc1OCc1ccc(Cl)cc1. The molecule has 6 rings (SSSR count). The van der Waals surface area contributed by atoms with E-state index < -0.39 is 0 Å². The molecule has 2 aromatic rings. The van der Waals surface area contributed by atoms with Crippen LogP contribution in [0.5, 0.6) is 11.5 Å². The van der Waals surface area contributed by atoms with Crippen molar-refractivity contribution in [1.82, 2.24) is 5.01 Å². The second kappa shape index (κ2) is 7.98. The van der Waals surface area contributed by atoms with E-state index in [9.17, 15) is 9.59 Å². The number of carbonyl (C=O) groups excluding carboxylic acids is 2. The Bertz CT molecular complexity index is 1180. The van der Waals surface area contributed by atoms with Crippen LogP contribution in [0.15, 0.2) is 59.7 Å². The Morgan fingerprint density at radius 1 is 1.00 bits per heavy atom. The van der Waals surface area contributed by atoms with E-state index in [0.29, 0.717) is 29.7 Å². The summed E-state index contributed by atoms with van der Waals surface area (Å²) in [7, 11) is 0. The van der Waals surface area contributed by atoms with Crippen LogP contribution in [-0.2, 0) is 16.2 Å². The second-order valence-electron chi connectivity index (χ2n) is 9.51. The van der Waals surface area contributed by atoms with E-state index in [2.05, 4.69) is 17.3 Å². The molecule has 6 nitrogen and oxygen atoms in total. The normalized spacial score (nSPS) is 27.8. The van der Waals surface area contributed by atoms with Crippen molar-refractivity contribution in [1.29, 1.82) is 0 Å². The third kappa shape index (κ3) is 3.27. The molecule has 0 N–H and O–H groups in total. The minimum atomic E-state index is -0.246. The number of imide groups is 1. The zero-order valence-corrected chi connectivity index (χ0v) is 19.6. The number of nitrogens with zero attached hydrogens (tertiary/aromatic N) is 2. The van der Waals surface area contributed by atoms with Gasteiger partial charge < -0.3 is 9.47 Å². The van der Waals surface area contributed by atoms with Gasteiger partial charge in [-0.25, -0.2) is 0 Å². The Morgan fingerprint density at radius 3 is 2.29 bits per heavy atom. The first-order valence-electron chi connectivity index (χ1n) is 11.8. The summed E-state index contributed by atoms with van der Waals surface area (Å²) in [6.07, 6.45) is 8.12. The summed E-state index contributed by atoms with van der Waals surface area (Å²) in [6, 6.07) is 12.9. The molecule has 1 saturated heterocycles. The zero-order chi connectivity index (χ0) is 23.4. The third-order valence-electron chi connectivity index (χ3n) is 7.73. The lowest BCUT2D eigenvalue weighted by atomic mass is 9.85. The third-order valence-corrected chi connectivity index (χ3v) is 7.98. The number of fused-ring (bicyclic) bond motifs is 3. The fraction of sp³-hybridized carbons (Fsp3) is 0.370. The van der Waals surface area contributed by atoms with Crippen molar-refractivity contribution in [3.8, 4) is 11.5 Å². The average Bonchev–Trinajstić information content (AvgIpc) is 3.44. The molecule has 2 saturated carbocycles. The van der Waals surface area contributed by atoms with Crippen molar-refractivity contribution in [2.45, 2.75) is 26.4 Å². The monoisotopic (exact) mass is 476 g/mol. The van der Waals surface area contributed by atoms with Crippen molar-refractivity contribution in [2.24, 2.45) is 34.2 Å². The van der Waals surface area contributed by atoms with Gasteiger partial charge in [0.25, 0.3) is 11.8 Å². The van der Waals surface area contributed by atoms with Gasteiger partial charge in [0.2, 0.25) is 0 Å². The van der Waals surface area contributed by atoms with Crippen LogP contribution in [0.25, 0.3) is 0 Å². The molecule has 174 valence electrons. The van der Waals surface area contributed by atoms with E-state index >= 15 is 0 Å². The summed E-state index contributed by atoms with van der Waals surface area (Å²) in [6.45, 7) is 2.75. The van der Waals surface area contributed by atoms with E-state index in [1.807, 2.05) is 43.3 Å². The predicted octanol–water partition coefficient (Wildman–Crippen LogP) is 4.85. The van der Waals surface area contributed by atoms with Crippen LogP contribution in [0, 0.1) is 29.1 Å². The molecule has 3 aliphatic carbocycles. The minimum absolute atomic E-state index is 0.165. The summed E-state index contributed by atoms with van der Waals surface area (Å²) in [4.78, 5) is 26.2. The highest BCUT2D eigenvalue weighted by Gasteiger charge is 2.73. The van der Waals surface area contributed by atoms with Gasteiger partial charge in [0.15, 0.2) is 11.5 Å². The number of hydrogen-bond donors (Lipinski definition) is 0. The highest BCUT2D eigenvalue weighted by atomic mass is 35.5. The highest BCUT2D eigenvalue weighted by molar-refractivity contribution is 6.30. The number of rotatable bonds is 7. The number of carbonyl (C=O) groups is 2. The molecule has 1 aliphatic heterocycles. The van der Waals surface area contributed by atoms with E-state index in [1.165, 1.54) is 0 Å². The van der Waals surface area contributed by atoms with Crippen molar-refractivity contribution < 1.29 is 19.1 Å². The van der Waals surface area contributed by atoms with Crippen molar-refractivity contribution >= 4 is 29.6 Å². The lowest BCUT2D eigenvalue weighted by molar-refractivity contribution is -0.141. The second-order valence-corrected chi connectivity index (χ2v) is 9.94. The molecule has 2 amide bonds. The highest BCUT2D eigenvalue weighted by Crippen LogP contribution is 2.73. The van der Waals surface area contributed by atoms with Crippen LogP contribution >= 0.6 is 11.6 Å². The molecule has 4 atom stereocenters. The van der Waals surface area contributed by atoms with Crippen LogP contribution in [-0.4, -0.2) is 29.6 Å². The summed E-state index contributed by atoms with van der Waals surface area (Å²) in [5.41, 5.74) is 1.90.